The number of nitrogens with two attached hydrogens (primary N) is 1. The first-order valence-corrected chi connectivity index (χ1v) is 8.40. The highest BCUT2D eigenvalue weighted by atomic mass is 16.2. The Hall–Kier alpha value is -2.88. The highest BCUT2D eigenvalue weighted by Crippen LogP contribution is 2.29. The van der Waals surface area contributed by atoms with Gasteiger partial charge in [-0.15, -0.1) is 0 Å². The molecule has 0 unspecified atom stereocenters. The molecule has 4 nitrogen and oxygen atoms in total. The summed E-state index contributed by atoms with van der Waals surface area (Å²) in [6.45, 7) is 4.04. The number of allylic oxidation sites excluding steroid dienone is 2. The van der Waals surface area contributed by atoms with Gasteiger partial charge in [0.05, 0.1) is 5.70 Å². The van der Waals surface area contributed by atoms with Gasteiger partial charge >= 0.3 is 0 Å². The van der Waals surface area contributed by atoms with Crippen molar-refractivity contribution in [2.45, 2.75) is 26.2 Å². The Morgan fingerprint density at radius 1 is 1.04 bits per heavy atom. The number of rotatable bonds is 7. The van der Waals surface area contributed by atoms with E-state index in [0.717, 1.165) is 11.1 Å². The smallest absolute Gasteiger partial charge is 0.227 e. The van der Waals surface area contributed by atoms with Gasteiger partial charge in [-0.2, -0.15) is 0 Å². The number of amides is 1. The number of hydrogen-bond acceptors (Lipinski definition) is 3. The van der Waals surface area contributed by atoms with E-state index in [4.69, 9.17) is 5.73 Å². The van der Waals surface area contributed by atoms with E-state index in [1.165, 1.54) is 0 Å². The van der Waals surface area contributed by atoms with Crippen LogP contribution in [0.3, 0.4) is 0 Å². The molecule has 0 aromatic heterocycles. The fraction of sp³-hybridized carbons (Fsp3) is 0.238. The average molecular weight is 336 g/mol. The van der Waals surface area contributed by atoms with Gasteiger partial charge in [0.25, 0.3) is 0 Å². The third-order valence-electron chi connectivity index (χ3n) is 4.35. The number of nitrogens with zero attached hydrogens (tertiary/aromatic N) is 1. The van der Waals surface area contributed by atoms with Crippen LogP contribution in [0.5, 0.6) is 0 Å². The van der Waals surface area contributed by atoms with Crippen molar-refractivity contribution in [3.8, 4) is 0 Å². The Balaban J connectivity index is 2.34. The van der Waals surface area contributed by atoms with Crippen LogP contribution in [0.15, 0.2) is 72.1 Å². The Labute approximate surface area is 149 Å². The van der Waals surface area contributed by atoms with Gasteiger partial charge in [0, 0.05) is 24.6 Å². The van der Waals surface area contributed by atoms with E-state index in [-0.39, 0.29) is 17.5 Å². The molecule has 0 saturated carbocycles. The van der Waals surface area contributed by atoms with Crippen molar-refractivity contribution < 1.29 is 9.59 Å². The molecule has 2 aromatic rings. The summed E-state index contributed by atoms with van der Waals surface area (Å²) in [5.41, 5.74) is 8.47. The van der Waals surface area contributed by atoms with Crippen LogP contribution in [-0.4, -0.2) is 23.6 Å². The van der Waals surface area contributed by atoms with Gasteiger partial charge < -0.3 is 10.6 Å². The van der Waals surface area contributed by atoms with Gasteiger partial charge in [-0.1, -0.05) is 60.7 Å². The van der Waals surface area contributed by atoms with Crippen molar-refractivity contribution in [2.75, 3.05) is 6.54 Å². The number of hydrogen-bond donors (Lipinski definition) is 1. The molecule has 25 heavy (non-hydrogen) atoms. The lowest BCUT2D eigenvalue weighted by Crippen LogP contribution is -2.32. The molecular weight excluding hydrogens is 312 g/mol. The number of carbonyl (C=O) groups excluding carboxylic acids is 2. The topological polar surface area (TPSA) is 63.4 Å². The molecule has 0 atom stereocenters. The fourth-order valence-electron chi connectivity index (χ4n) is 2.93. The number of aldehydes is 1. The highest BCUT2D eigenvalue weighted by Gasteiger charge is 2.23. The summed E-state index contributed by atoms with van der Waals surface area (Å²) in [6.07, 6.45) is 0.891. The largest absolute Gasteiger partial charge is 0.395 e. The Morgan fingerprint density at radius 3 is 1.92 bits per heavy atom. The fourth-order valence-corrected chi connectivity index (χ4v) is 2.93. The number of benzene rings is 2. The molecule has 0 fully saturated rings. The van der Waals surface area contributed by atoms with E-state index in [2.05, 4.69) is 0 Å². The van der Waals surface area contributed by atoms with Gasteiger partial charge in [-0.25, -0.2) is 0 Å². The standard InChI is InChI=1S/C21H24N2O2/c1-3-23(16(2)20(22)15-24)21(25)14-19(17-10-6-4-7-11-17)18-12-8-5-9-13-18/h4-13,15,19H,3,14,22H2,1-2H3/b20-16-. The molecule has 2 rings (SSSR count). The second-order valence-corrected chi connectivity index (χ2v) is 5.87. The summed E-state index contributed by atoms with van der Waals surface area (Å²) in [4.78, 5) is 25.4. The minimum atomic E-state index is -0.0532. The monoisotopic (exact) mass is 336 g/mol. The summed E-state index contributed by atoms with van der Waals surface area (Å²) < 4.78 is 0. The molecule has 2 N–H and O–H groups in total. The summed E-state index contributed by atoms with van der Waals surface area (Å²) in [5, 5.41) is 0. The second kappa shape index (κ2) is 8.83. The Kier molecular flexibility index (Phi) is 6.52. The summed E-state index contributed by atoms with van der Waals surface area (Å²) in [7, 11) is 0. The molecule has 4 heteroatoms. The molecule has 0 aliphatic carbocycles. The van der Waals surface area contributed by atoms with Gasteiger partial charge in [-0.05, 0) is 25.0 Å². The lowest BCUT2D eigenvalue weighted by Gasteiger charge is -2.25. The van der Waals surface area contributed by atoms with Crippen molar-refractivity contribution in [1.82, 2.24) is 4.90 Å². The molecular formula is C21H24N2O2. The van der Waals surface area contributed by atoms with Gasteiger partial charge in [-0.3, -0.25) is 9.59 Å². The normalized spacial score (nSPS) is 11.8. The van der Waals surface area contributed by atoms with Crippen LogP contribution in [0.2, 0.25) is 0 Å². The second-order valence-electron chi connectivity index (χ2n) is 5.87. The summed E-state index contributed by atoms with van der Waals surface area (Å²) >= 11 is 0. The minimum absolute atomic E-state index is 0.0470. The quantitative estimate of drug-likeness (QED) is 0.622. The zero-order valence-electron chi connectivity index (χ0n) is 14.7. The molecule has 2 aromatic carbocycles. The first-order chi connectivity index (χ1) is 12.1. The molecule has 1 amide bonds. The van der Waals surface area contributed by atoms with E-state index in [1.807, 2.05) is 67.6 Å². The van der Waals surface area contributed by atoms with E-state index in [9.17, 15) is 9.59 Å². The third kappa shape index (κ3) is 4.57. The van der Waals surface area contributed by atoms with Crippen molar-refractivity contribution >= 4 is 12.2 Å². The summed E-state index contributed by atoms with van der Waals surface area (Å²) in [6, 6.07) is 19.9. The maximum Gasteiger partial charge on any atom is 0.227 e. The number of carbonyl (C=O) groups is 2. The van der Waals surface area contributed by atoms with Crippen molar-refractivity contribution in [3.05, 3.63) is 83.2 Å². The molecule has 0 bridgehead atoms. The average Bonchev–Trinajstić information content (AvgIpc) is 2.67. The van der Waals surface area contributed by atoms with E-state index in [0.29, 0.717) is 24.9 Å². The maximum atomic E-state index is 12.9. The first-order valence-electron chi connectivity index (χ1n) is 8.40. The van der Waals surface area contributed by atoms with E-state index >= 15 is 0 Å². The van der Waals surface area contributed by atoms with Gasteiger partial charge in [0.2, 0.25) is 5.91 Å². The lowest BCUT2D eigenvalue weighted by molar-refractivity contribution is -0.129. The molecule has 0 spiro atoms. The van der Waals surface area contributed by atoms with Crippen LogP contribution in [0.25, 0.3) is 0 Å². The SMILES string of the molecule is CCN(C(=O)CC(c1ccccc1)c1ccccc1)/C(C)=C(\N)C=O. The lowest BCUT2D eigenvalue weighted by atomic mass is 9.88. The molecule has 0 radical (unpaired) electrons. The zero-order chi connectivity index (χ0) is 18.2. The van der Waals surface area contributed by atoms with Crippen molar-refractivity contribution in [3.63, 3.8) is 0 Å². The van der Waals surface area contributed by atoms with Crippen molar-refractivity contribution in [1.29, 1.82) is 0 Å². The molecule has 130 valence electrons. The molecule has 0 aliphatic rings. The van der Waals surface area contributed by atoms with Gasteiger partial charge in [0.1, 0.15) is 0 Å². The van der Waals surface area contributed by atoms with E-state index in [1.54, 1.807) is 11.8 Å². The van der Waals surface area contributed by atoms with Crippen molar-refractivity contribution in [2.24, 2.45) is 5.73 Å². The van der Waals surface area contributed by atoms with Crippen LogP contribution in [0.1, 0.15) is 37.3 Å². The maximum absolute atomic E-state index is 12.9. The predicted octanol–water partition coefficient (Wildman–Crippen LogP) is 3.45. The Morgan fingerprint density at radius 2 is 1.52 bits per heavy atom. The highest BCUT2D eigenvalue weighted by molar-refractivity contribution is 5.82. The van der Waals surface area contributed by atoms with Crippen LogP contribution in [0.4, 0.5) is 0 Å². The van der Waals surface area contributed by atoms with Crippen LogP contribution in [-0.2, 0) is 9.59 Å². The van der Waals surface area contributed by atoms with Crippen LogP contribution < -0.4 is 5.73 Å². The first kappa shape index (κ1) is 18.5. The summed E-state index contributed by atoms with van der Waals surface area (Å²) in [5.74, 6) is -0.100. The molecule has 0 saturated heterocycles. The molecule has 0 aliphatic heterocycles. The molecule has 0 heterocycles. The minimum Gasteiger partial charge on any atom is -0.395 e. The zero-order valence-corrected chi connectivity index (χ0v) is 14.7. The van der Waals surface area contributed by atoms with Gasteiger partial charge in [0.15, 0.2) is 6.29 Å². The van der Waals surface area contributed by atoms with E-state index < -0.39 is 0 Å². The third-order valence-corrected chi connectivity index (χ3v) is 4.35. The predicted molar refractivity (Wildman–Crippen MR) is 99.7 cm³/mol. The van der Waals surface area contributed by atoms with Crippen LogP contribution >= 0.6 is 0 Å². The Bertz CT molecular complexity index is 700. The van der Waals surface area contributed by atoms with Crippen LogP contribution in [0, 0.1) is 0 Å².